The number of aryl methyl sites for hydroxylation is 2. The van der Waals surface area contributed by atoms with Crippen molar-refractivity contribution in [3.63, 3.8) is 0 Å². The molecule has 0 aliphatic rings. The SMILES string of the molecule is COC(=O)c1ccc(-n2cc(CCCC(=S)Nc3ccc(C)cc3)nn2)cc1. The fourth-order valence-corrected chi connectivity index (χ4v) is 2.96. The zero-order valence-electron chi connectivity index (χ0n) is 15.9. The molecule has 1 N–H and O–H groups in total. The molecular formula is C21H22N4O2S. The fraction of sp³-hybridized carbons (Fsp3) is 0.238. The first-order valence-electron chi connectivity index (χ1n) is 9.01. The van der Waals surface area contributed by atoms with Crippen LogP contribution in [0.4, 0.5) is 5.69 Å². The van der Waals surface area contributed by atoms with Gasteiger partial charge in [-0.2, -0.15) is 0 Å². The van der Waals surface area contributed by atoms with Gasteiger partial charge in [-0.25, -0.2) is 9.48 Å². The summed E-state index contributed by atoms with van der Waals surface area (Å²) in [6.07, 6.45) is 4.35. The molecule has 0 spiro atoms. The van der Waals surface area contributed by atoms with E-state index in [1.807, 2.05) is 30.5 Å². The fourth-order valence-electron chi connectivity index (χ4n) is 2.70. The monoisotopic (exact) mass is 394 g/mol. The van der Waals surface area contributed by atoms with Crippen molar-refractivity contribution in [1.82, 2.24) is 15.0 Å². The largest absolute Gasteiger partial charge is 0.465 e. The number of nitrogens with one attached hydrogen (secondary N) is 1. The maximum Gasteiger partial charge on any atom is 0.337 e. The van der Waals surface area contributed by atoms with Gasteiger partial charge in [-0.15, -0.1) is 5.10 Å². The summed E-state index contributed by atoms with van der Waals surface area (Å²) in [7, 11) is 1.36. The molecule has 0 unspecified atom stereocenters. The van der Waals surface area contributed by atoms with Crippen molar-refractivity contribution in [2.24, 2.45) is 0 Å². The van der Waals surface area contributed by atoms with Crippen LogP contribution in [0.25, 0.3) is 5.69 Å². The maximum atomic E-state index is 11.5. The molecule has 144 valence electrons. The first-order valence-corrected chi connectivity index (χ1v) is 9.42. The van der Waals surface area contributed by atoms with Crippen LogP contribution in [0.3, 0.4) is 0 Å². The quantitative estimate of drug-likeness (QED) is 0.480. The van der Waals surface area contributed by atoms with Crippen LogP contribution in [-0.2, 0) is 11.2 Å². The Morgan fingerprint density at radius 2 is 1.86 bits per heavy atom. The second-order valence-corrected chi connectivity index (χ2v) is 6.95. The molecule has 6 nitrogen and oxygen atoms in total. The molecule has 7 heteroatoms. The minimum absolute atomic E-state index is 0.360. The molecular weight excluding hydrogens is 372 g/mol. The van der Waals surface area contributed by atoms with Gasteiger partial charge < -0.3 is 10.1 Å². The van der Waals surface area contributed by atoms with E-state index in [1.165, 1.54) is 12.7 Å². The molecule has 0 saturated heterocycles. The third-order valence-electron chi connectivity index (χ3n) is 4.27. The van der Waals surface area contributed by atoms with Crippen LogP contribution in [0.1, 0.15) is 34.5 Å². The average Bonchev–Trinajstić information content (AvgIpc) is 3.18. The predicted octanol–water partition coefficient (Wildman–Crippen LogP) is 4.12. The number of hydrogen-bond acceptors (Lipinski definition) is 5. The summed E-state index contributed by atoms with van der Waals surface area (Å²) in [4.78, 5) is 12.3. The van der Waals surface area contributed by atoms with Crippen LogP contribution in [-0.4, -0.2) is 33.1 Å². The summed E-state index contributed by atoms with van der Waals surface area (Å²) in [6, 6.07) is 15.2. The third kappa shape index (κ3) is 5.23. The topological polar surface area (TPSA) is 69.0 Å². The minimum Gasteiger partial charge on any atom is -0.465 e. The highest BCUT2D eigenvalue weighted by molar-refractivity contribution is 7.80. The molecule has 1 heterocycles. The van der Waals surface area contributed by atoms with Crippen LogP contribution >= 0.6 is 12.2 Å². The van der Waals surface area contributed by atoms with Crippen molar-refractivity contribution in [1.29, 1.82) is 0 Å². The summed E-state index contributed by atoms with van der Waals surface area (Å²) in [6.45, 7) is 2.06. The van der Waals surface area contributed by atoms with Gasteiger partial charge in [-0.1, -0.05) is 35.1 Å². The molecule has 28 heavy (non-hydrogen) atoms. The summed E-state index contributed by atoms with van der Waals surface area (Å²) in [5, 5.41) is 11.6. The van der Waals surface area contributed by atoms with E-state index in [0.717, 1.165) is 41.3 Å². The summed E-state index contributed by atoms with van der Waals surface area (Å²) >= 11 is 5.42. The molecule has 0 aliphatic carbocycles. The molecule has 0 radical (unpaired) electrons. The average molecular weight is 395 g/mol. The van der Waals surface area contributed by atoms with Crippen molar-refractivity contribution in [2.45, 2.75) is 26.2 Å². The second kappa shape index (κ2) is 9.23. The van der Waals surface area contributed by atoms with Crippen LogP contribution < -0.4 is 5.32 Å². The highest BCUT2D eigenvalue weighted by atomic mass is 32.1. The Kier molecular flexibility index (Phi) is 6.49. The van der Waals surface area contributed by atoms with Gasteiger partial charge in [-0.3, -0.25) is 0 Å². The smallest absolute Gasteiger partial charge is 0.337 e. The van der Waals surface area contributed by atoms with Gasteiger partial charge >= 0.3 is 5.97 Å². The Labute approximate surface area is 169 Å². The molecule has 3 aromatic rings. The normalized spacial score (nSPS) is 10.5. The number of aromatic nitrogens is 3. The molecule has 3 rings (SSSR count). The molecule has 0 saturated carbocycles. The van der Waals surface area contributed by atoms with Crippen LogP contribution in [0.15, 0.2) is 54.7 Å². The summed E-state index contributed by atoms with van der Waals surface area (Å²) < 4.78 is 6.40. The molecule has 0 fully saturated rings. The van der Waals surface area contributed by atoms with Crippen molar-refractivity contribution in [3.8, 4) is 5.69 Å². The third-order valence-corrected chi connectivity index (χ3v) is 4.57. The molecule has 2 aromatic carbocycles. The Morgan fingerprint density at radius 3 is 2.54 bits per heavy atom. The lowest BCUT2D eigenvalue weighted by molar-refractivity contribution is 0.0600. The number of thiocarbonyl (C=S) groups is 1. The van der Waals surface area contributed by atoms with Crippen LogP contribution in [0, 0.1) is 6.92 Å². The van der Waals surface area contributed by atoms with E-state index in [2.05, 4.69) is 34.7 Å². The summed E-state index contributed by atoms with van der Waals surface area (Å²) in [5.74, 6) is -0.360. The first-order chi connectivity index (χ1) is 13.5. The highest BCUT2D eigenvalue weighted by Gasteiger charge is 2.07. The van der Waals surface area contributed by atoms with Crippen molar-refractivity contribution in [3.05, 3.63) is 71.5 Å². The Bertz CT molecular complexity index is 949. The number of anilines is 1. The van der Waals surface area contributed by atoms with Gasteiger partial charge in [0.2, 0.25) is 0 Å². The number of esters is 1. The number of carbonyl (C=O) groups excluding carboxylic acids is 1. The number of benzene rings is 2. The number of ether oxygens (including phenoxy) is 1. The van der Waals surface area contributed by atoms with Crippen molar-refractivity contribution < 1.29 is 9.53 Å². The first kappa shape index (κ1) is 19.7. The van der Waals surface area contributed by atoms with Gasteiger partial charge in [-0.05, 0) is 62.6 Å². The number of hydrogen-bond donors (Lipinski definition) is 1. The van der Waals surface area contributed by atoms with Gasteiger partial charge in [0.05, 0.1) is 35.2 Å². The Balaban J connectivity index is 1.50. The lowest BCUT2D eigenvalue weighted by atomic mass is 10.2. The van der Waals surface area contributed by atoms with E-state index >= 15 is 0 Å². The maximum absolute atomic E-state index is 11.5. The van der Waals surface area contributed by atoms with E-state index in [1.54, 1.807) is 16.8 Å². The lowest BCUT2D eigenvalue weighted by Gasteiger charge is -2.07. The number of rotatable bonds is 7. The Morgan fingerprint density at radius 1 is 1.14 bits per heavy atom. The zero-order valence-corrected chi connectivity index (χ0v) is 16.7. The van der Waals surface area contributed by atoms with Gasteiger partial charge in [0.15, 0.2) is 0 Å². The number of nitrogens with zero attached hydrogens (tertiary/aromatic N) is 3. The highest BCUT2D eigenvalue weighted by Crippen LogP contribution is 2.13. The van der Waals surface area contributed by atoms with Gasteiger partial charge in [0.25, 0.3) is 0 Å². The molecule has 0 amide bonds. The van der Waals surface area contributed by atoms with Crippen molar-refractivity contribution in [2.75, 3.05) is 12.4 Å². The van der Waals surface area contributed by atoms with Crippen LogP contribution in [0.5, 0.6) is 0 Å². The van der Waals surface area contributed by atoms with E-state index in [0.29, 0.717) is 5.56 Å². The van der Waals surface area contributed by atoms with Crippen molar-refractivity contribution >= 4 is 28.9 Å². The van der Waals surface area contributed by atoms with E-state index in [9.17, 15) is 4.79 Å². The zero-order chi connectivity index (χ0) is 19.9. The number of methoxy groups -OCH3 is 1. The lowest BCUT2D eigenvalue weighted by Crippen LogP contribution is -2.09. The van der Waals surface area contributed by atoms with E-state index in [-0.39, 0.29) is 5.97 Å². The summed E-state index contributed by atoms with van der Waals surface area (Å²) in [5.41, 5.74) is 4.47. The van der Waals surface area contributed by atoms with E-state index < -0.39 is 0 Å². The molecule has 0 aliphatic heterocycles. The van der Waals surface area contributed by atoms with Gasteiger partial charge in [0, 0.05) is 5.69 Å². The molecule has 0 bridgehead atoms. The molecule has 1 aromatic heterocycles. The standard InChI is InChI=1S/C21H22N4O2S/c1-15-6-10-17(11-7-15)22-20(28)5-3-4-18-14-25(24-23-18)19-12-8-16(9-13-19)21(26)27-2/h6-14H,3-5H2,1-2H3,(H,22,28). The predicted molar refractivity (Wildman–Crippen MR) is 113 cm³/mol. The van der Waals surface area contributed by atoms with E-state index in [4.69, 9.17) is 17.0 Å². The molecule has 0 atom stereocenters. The Hall–Kier alpha value is -3.06. The second-order valence-electron chi connectivity index (χ2n) is 6.46. The van der Waals surface area contributed by atoms with Crippen LogP contribution in [0.2, 0.25) is 0 Å². The van der Waals surface area contributed by atoms with Gasteiger partial charge in [0.1, 0.15) is 0 Å². The number of carbonyl (C=O) groups is 1. The minimum atomic E-state index is -0.360.